The number of hydrogen-bond acceptors (Lipinski definition) is 0. The van der Waals surface area contributed by atoms with Gasteiger partial charge in [0.05, 0.1) is 0 Å². The summed E-state index contributed by atoms with van der Waals surface area (Å²) in [5.74, 6) is 0.970. The summed E-state index contributed by atoms with van der Waals surface area (Å²) in [4.78, 5) is 0. The first-order chi connectivity index (χ1) is 9.73. The minimum absolute atomic E-state index is 0.509. The van der Waals surface area contributed by atoms with Gasteiger partial charge < -0.3 is 0 Å². The van der Waals surface area contributed by atoms with Crippen molar-refractivity contribution in [2.75, 3.05) is 0 Å². The van der Waals surface area contributed by atoms with Crippen LogP contribution in [0.15, 0.2) is 11.6 Å². The number of fused-ring (bicyclic) bond motifs is 1. The lowest BCUT2D eigenvalue weighted by atomic mass is 9.54. The fourth-order valence-electron chi connectivity index (χ4n) is 5.42. The SMILES string of the molecule is C/C=C1\CCCC2(C)C(CCCCC(C)(C)C)CCC12C. The second-order valence-electron chi connectivity index (χ2n) is 9.46. The zero-order chi connectivity index (χ0) is 15.7. The molecular formula is C21H38. The molecule has 0 N–H and O–H groups in total. The minimum atomic E-state index is 0.509. The molecular weight excluding hydrogens is 252 g/mol. The third kappa shape index (κ3) is 3.25. The average molecular weight is 291 g/mol. The van der Waals surface area contributed by atoms with Gasteiger partial charge in [-0.05, 0) is 74.0 Å². The van der Waals surface area contributed by atoms with E-state index in [4.69, 9.17) is 0 Å². The summed E-state index contributed by atoms with van der Waals surface area (Å²) >= 11 is 0. The van der Waals surface area contributed by atoms with Gasteiger partial charge in [0.2, 0.25) is 0 Å². The van der Waals surface area contributed by atoms with Crippen LogP contribution in [0.25, 0.3) is 0 Å². The molecule has 3 atom stereocenters. The Labute approximate surface area is 133 Å². The first kappa shape index (κ1) is 17.1. The van der Waals surface area contributed by atoms with Crippen molar-refractivity contribution < 1.29 is 0 Å². The Balaban J connectivity index is 1.97. The van der Waals surface area contributed by atoms with Gasteiger partial charge in [0.1, 0.15) is 0 Å². The summed E-state index contributed by atoms with van der Waals surface area (Å²) in [6, 6.07) is 0. The highest BCUT2D eigenvalue weighted by Crippen LogP contribution is 2.66. The van der Waals surface area contributed by atoms with E-state index in [-0.39, 0.29) is 0 Å². The topological polar surface area (TPSA) is 0 Å². The summed E-state index contributed by atoms with van der Waals surface area (Å²) in [5, 5.41) is 0. The minimum Gasteiger partial charge on any atom is -0.0879 e. The Morgan fingerprint density at radius 2 is 1.86 bits per heavy atom. The maximum absolute atomic E-state index is 2.62. The van der Waals surface area contributed by atoms with Crippen molar-refractivity contribution in [3.8, 4) is 0 Å². The lowest BCUT2D eigenvalue weighted by molar-refractivity contribution is 0.0554. The van der Waals surface area contributed by atoms with Gasteiger partial charge in [0.25, 0.3) is 0 Å². The largest absolute Gasteiger partial charge is 0.0879 e. The third-order valence-corrected chi connectivity index (χ3v) is 7.08. The second kappa shape index (κ2) is 6.09. The van der Waals surface area contributed by atoms with E-state index in [1.54, 1.807) is 5.57 Å². The summed E-state index contributed by atoms with van der Waals surface area (Å²) in [6.45, 7) is 14.6. The lowest BCUT2D eigenvalue weighted by Gasteiger charge is -2.50. The maximum Gasteiger partial charge on any atom is -0.00600 e. The zero-order valence-electron chi connectivity index (χ0n) is 15.5. The van der Waals surface area contributed by atoms with E-state index in [1.165, 1.54) is 57.8 Å². The number of unbranched alkanes of at least 4 members (excludes halogenated alkanes) is 1. The Kier molecular flexibility index (Phi) is 4.96. The molecule has 2 aliphatic rings. The van der Waals surface area contributed by atoms with Crippen LogP contribution >= 0.6 is 0 Å². The second-order valence-corrected chi connectivity index (χ2v) is 9.46. The van der Waals surface area contributed by atoms with Crippen molar-refractivity contribution in [1.29, 1.82) is 0 Å². The Bertz CT molecular complexity index is 383. The fraction of sp³-hybridized carbons (Fsp3) is 0.905. The molecule has 0 aromatic carbocycles. The van der Waals surface area contributed by atoms with E-state index in [2.05, 4.69) is 47.6 Å². The van der Waals surface area contributed by atoms with Crippen LogP contribution in [0, 0.1) is 22.2 Å². The molecule has 0 spiro atoms. The van der Waals surface area contributed by atoms with Crippen molar-refractivity contribution >= 4 is 0 Å². The van der Waals surface area contributed by atoms with Crippen LogP contribution in [0.4, 0.5) is 0 Å². The van der Waals surface area contributed by atoms with Crippen molar-refractivity contribution in [3.63, 3.8) is 0 Å². The highest BCUT2D eigenvalue weighted by Gasteiger charge is 2.56. The monoisotopic (exact) mass is 290 g/mol. The summed E-state index contributed by atoms with van der Waals surface area (Å²) < 4.78 is 0. The van der Waals surface area contributed by atoms with Gasteiger partial charge in [-0.2, -0.15) is 0 Å². The number of hydrogen-bond donors (Lipinski definition) is 0. The van der Waals surface area contributed by atoms with E-state index in [0.29, 0.717) is 16.2 Å². The average Bonchev–Trinajstić information content (AvgIpc) is 2.65. The molecule has 0 radical (unpaired) electrons. The van der Waals surface area contributed by atoms with Gasteiger partial charge in [0, 0.05) is 0 Å². The molecule has 0 aromatic rings. The first-order valence-electron chi connectivity index (χ1n) is 9.39. The third-order valence-electron chi connectivity index (χ3n) is 7.08. The summed E-state index contributed by atoms with van der Waals surface area (Å²) in [7, 11) is 0. The molecule has 0 bridgehead atoms. The van der Waals surface area contributed by atoms with E-state index < -0.39 is 0 Å². The first-order valence-corrected chi connectivity index (χ1v) is 9.39. The number of allylic oxidation sites excluding steroid dienone is 2. The van der Waals surface area contributed by atoms with Crippen LogP contribution in [0.5, 0.6) is 0 Å². The molecule has 0 heteroatoms. The quantitative estimate of drug-likeness (QED) is 0.381. The van der Waals surface area contributed by atoms with Crippen molar-refractivity contribution in [3.05, 3.63) is 11.6 Å². The van der Waals surface area contributed by atoms with Crippen LogP contribution in [0.3, 0.4) is 0 Å². The molecule has 0 nitrogen and oxygen atoms in total. The van der Waals surface area contributed by atoms with Gasteiger partial charge in [-0.25, -0.2) is 0 Å². The Morgan fingerprint density at radius 1 is 1.14 bits per heavy atom. The van der Waals surface area contributed by atoms with E-state index in [1.807, 2.05) is 0 Å². The van der Waals surface area contributed by atoms with Gasteiger partial charge in [-0.15, -0.1) is 0 Å². The van der Waals surface area contributed by atoms with Crippen molar-refractivity contribution in [2.45, 2.75) is 99.3 Å². The fourth-order valence-corrected chi connectivity index (χ4v) is 5.42. The molecule has 2 fully saturated rings. The van der Waals surface area contributed by atoms with Gasteiger partial charge in [-0.3, -0.25) is 0 Å². The molecule has 122 valence electrons. The van der Waals surface area contributed by atoms with E-state index >= 15 is 0 Å². The van der Waals surface area contributed by atoms with Gasteiger partial charge >= 0.3 is 0 Å². The molecule has 0 aliphatic heterocycles. The molecule has 0 aromatic heterocycles. The standard InChI is InChI=1S/C21H38/c1-7-17-12-10-15-20(5)18(13-16-21(17,20)6)11-8-9-14-19(2,3)4/h7,18H,8-16H2,1-6H3/b17-7+. The maximum atomic E-state index is 2.62. The normalized spacial score (nSPS) is 38.8. The van der Waals surface area contributed by atoms with Crippen LogP contribution in [0.1, 0.15) is 99.3 Å². The van der Waals surface area contributed by atoms with Crippen LogP contribution in [-0.4, -0.2) is 0 Å². The van der Waals surface area contributed by atoms with E-state index in [9.17, 15) is 0 Å². The molecule has 2 saturated carbocycles. The highest BCUT2D eigenvalue weighted by molar-refractivity contribution is 5.24. The van der Waals surface area contributed by atoms with Gasteiger partial charge in [0.15, 0.2) is 0 Å². The smallest absolute Gasteiger partial charge is 0.00600 e. The van der Waals surface area contributed by atoms with Crippen LogP contribution in [0.2, 0.25) is 0 Å². The van der Waals surface area contributed by atoms with E-state index in [0.717, 1.165) is 5.92 Å². The zero-order valence-corrected chi connectivity index (χ0v) is 15.5. The predicted molar refractivity (Wildman–Crippen MR) is 94.5 cm³/mol. The lowest BCUT2D eigenvalue weighted by Crippen LogP contribution is -2.41. The Morgan fingerprint density at radius 3 is 2.48 bits per heavy atom. The predicted octanol–water partition coefficient (Wildman–Crippen LogP) is 7.15. The summed E-state index contributed by atoms with van der Waals surface area (Å²) in [6.07, 6.45) is 15.3. The van der Waals surface area contributed by atoms with Gasteiger partial charge in [-0.1, -0.05) is 59.1 Å². The Hall–Kier alpha value is -0.260. The van der Waals surface area contributed by atoms with Crippen molar-refractivity contribution in [2.24, 2.45) is 22.2 Å². The molecule has 0 saturated heterocycles. The molecule has 0 amide bonds. The number of rotatable bonds is 4. The van der Waals surface area contributed by atoms with Crippen LogP contribution in [-0.2, 0) is 0 Å². The molecule has 21 heavy (non-hydrogen) atoms. The highest BCUT2D eigenvalue weighted by atomic mass is 14.6. The van der Waals surface area contributed by atoms with Crippen LogP contribution < -0.4 is 0 Å². The molecule has 2 aliphatic carbocycles. The molecule has 2 rings (SSSR count). The molecule has 0 heterocycles. The molecule has 3 unspecified atom stereocenters. The van der Waals surface area contributed by atoms with Crippen molar-refractivity contribution in [1.82, 2.24) is 0 Å². The summed E-state index contributed by atoms with van der Waals surface area (Å²) in [5.41, 5.74) is 3.37.